The molecule has 5 heteroatoms. The van der Waals surface area contributed by atoms with E-state index in [1.807, 2.05) is 0 Å². The van der Waals surface area contributed by atoms with Crippen LogP contribution >= 0.6 is 0 Å². The predicted octanol–water partition coefficient (Wildman–Crippen LogP) is 2.40. The maximum absolute atomic E-state index is 9.80. The average molecular weight is 277 g/mol. The van der Waals surface area contributed by atoms with Crippen LogP contribution in [0.15, 0.2) is 0 Å². The van der Waals surface area contributed by atoms with Gasteiger partial charge in [0.2, 0.25) is 0 Å². The second-order valence-electron chi connectivity index (χ2n) is 2.23. The van der Waals surface area contributed by atoms with Crippen molar-refractivity contribution in [2.45, 2.75) is 39.5 Å². The molecule has 0 fully saturated rings. The summed E-state index contributed by atoms with van der Waals surface area (Å²) in [7, 11) is 0. The molecular weight excluding hydrogens is 257 g/mol. The van der Waals surface area contributed by atoms with Crippen molar-refractivity contribution < 1.29 is 39.9 Å². The Balaban J connectivity index is -0.000000120. The van der Waals surface area contributed by atoms with Gasteiger partial charge < -0.3 is 10.2 Å². The minimum atomic E-state index is -2.77. The first-order chi connectivity index (χ1) is 6.24. The number of hydrogen-bond donors (Lipinski definition) is 2. The topological polar surface area (TPSA) is 40.5 Å². The van der Waals surface area contributed by atoms with E-state index in [2.05, 4.69) is 13.8 Å². The Hall–Kier alpha value is 0.663. The van der Waals surface area contributed by atoms with Gasteiger partial charge in [-0.25, -0.2) is 0 Å². The molecule has 0 aromatic heterocycles. The van der Waals surface area contributed by atoms with Crippen LogP contribution in [-0.4, -0.2) is 23.4 Å². The zero-order valence-electron chi connectivity index (χ0n) is 8.39. The van der Waals surface area contributed by atoms with Crippen molar-refractivity contribution in [1.82, 2.24) is 0 Å². The van der Waals surface area contributed by atoms with Gasteiger partial charge in [-0.05, 0) is 12.8 Å². The molecule has 0 radical (unpaired) electrons. The molecule has 0 aromatic carbocycles. The first-order valence-corrected chi connectivity index (χ1v) is 6.28. The molecule has 0 saturated heterocycles. The second kappa shape index (κ2) is 29.3. The summed E-state index contributed by atoms with van der Waals surface area (Å²) in [5, 5.41) is 16.1. The molecule has 82 valence electrons. The summed E-state index contributed by atoms with van der Waals surface area (Å²) in [5.41, 5.74) is 0. The van der Waals surface area contributed by atoms with Crippen LogP contribution in [0.25, 0.3) is 0 Å². The fraction of sp³-hybridized carbons (Fsp3) is 1.00. The average Bonchev–Trinajstić information content (AvgIpc) is 2.09. The second-order valence-corrected chi connectivity index (χ2v) is 2.58. The van der Waals surface area contributed by atoms with Crippen LogP contribution in [0.3, 0.4) is 0 Å². The number of aliphatic hydroxyl groups is 2. The van der Waals surface area contributed by atoms with Crippen molar-refractivity contribution >= 4 is 0 Å². The van der Waals surface area contributed by atoms with Crippen LogP contribution in [0.5, 0.6) is 0 Å². The zero-order chi connectivity index (χ0) is 10.9. The van der Waals surface area contributed by atoms with Gasteiger partial charge in [0.05, 0.1) is 0 Å². The molecule has 0 unspecified atom stereocenters. The summed E-state index contributed by atoms with van der Waals surface area (Å²) in [4.78, 5) is 0. The number of hydrogen-bond acceptors (Lipinski definition) is 2. The van der Waals surface area contributed by atoms with Crippen LogP contribution in [0, 0.1) is 0 Å². The van der Waals surface area contributed by atoms with Gasteiger partial charge in [-0.1, -0.05) is 26.7 Å². The molecule has 0 aliphatic rings. The van der Waals surface area contributed by atoms with Gasteiger partial charge in [-0.3, -0.25) is 0 Å². The third-order valence-electron chi connectivity index (χ3n) is 1.02. The van der Waals surface area contributed by atoms with Gasteiger partial charge in [0.25, 0.3) is 0 Å². The Morgan fingerprint density at radius 1 is 0.923 bits per heavy atom. The summed E-state index contributed by atoms with van der Waals surface area (Å²) in [5.74, 6) is 0. The van der Waals surface area contributed by atoms with Crippen LogP contribution in [0.2, 0.25) is 0 Å². The molecule has 0 atom stereocenters. The number of aliphatic hydroxyl groups excluding tert-OH is 2. The molecule has 0 aliphatic carbocycles. The van der Waals surface area contributed by atoms with E-state index in [1.54, 1.807) is 0 Å². The molecule has 0 amide bonds. The Morgan fingerprint density at radius 2 is 1.15 bits per heavy atom. The van der Waals surface area contributed by atoms with E-state index in [1.165, 1.54) is 0 Å². The van der Waals surface area contributed by atoms with Gasteiger partial charge in [-0.2, -0.15) is 0 Å². The van der Waals surface area contributed by atoms with Crippen molar-refractivity contribution in [2.24, 2.45) is 0 Å². The van der Waals surface area contributed by atoms with Crippen molar-refractivity contribution in [3.8, 4) is 0 Å². The zero-order valence-corrected chi connectivity index (χ0v) is 10.9. The van der Waals surface area contributed by atoms with Gasteiger partial charge >= 0.3 is 29.7 Å². The Morgan fingerprint density at radius 3 is 1.15 bits per heavy atom. The first kappa shape index (κ1) is 19.3. The molecule has 0 bridgehead atoms. The van der Waals surface area contributed by atoms with Crippen molar-refractivity contribution in [3.63, 3.8) is 0 Å². The summed E-state index contributed by atoms with van der Waals surface area (Å²) in [6, 6.07) is 0. The molecule has 0 saturated carbocycles. The third-order valence-corrected chi connectivity index (χ3v) is 1.02. The Kier molecular flexibility index (Phi) is 43.5. The van der Waals surface area contributed by atoms with Gasteiger partial charge in [0.15, 0.2) is 0 Å². The summed E-state index contributed by atoms with van der Waals surface area (Å²) < 4.78 is 19.6. The number of rotatable bonds is 4. The summed E-state index contributed by atoms with van der Waals surface area (Å²) in [6.07, 6.45) is 4.08. The Labute approximate surface area is 92.7 Å². The van der Waals surface area contributed by atoms with Gasteiger partial charge in [0, 0.05) is 13.2 Å². The fourth-order valence-electron chi connectivity index (χ4n) is 0.316. The molecular formula is C8H20F2O2Zr. The number of halogens is 2. The molecule has 0 spiro atoms. The van der Waals surface area contributed by atoms with Crippen LogP contribution < -0.4 is 0 Å². The van der Waals surface area contributed by atoms with Crippen molar-refractivity contribution in [3.05, 3.63) is 0 Å². The van der Waals surface area contributed by atoms with E-state index in [-0.39, 0.29) is 0 Å². The summed E-state index contributed by atoms with van der Waals surface area (Å²) >= 11 is -2.77. The maximum atomic E-state index is 9.80. The van der Waals surface area contributed by atoms with Crippen LogP contribution in [-0.2, 0) is 24.5 Å². The van der Waals surface area contributed by atoms with E-state index >= 15 is 0 Å². The summed E-state index contributed by atoms with van der Waals surface area (Å²) in [6.45, 7) is 4.79. The van der Waals surface area contributed by atoms with Crippen molar-refractivity contribution in [1.29, 1.82) is 0 Å². The van der Waals surface area contributed by atoms with Gasteiger partial charge in [-0.15, -0.1) is 0 Å². The quantitative estimate of drug-likeness (QED) is 0.828. The first-order valence-electron chi connectivity index (χ1n) is 4.42. The molecule has 0 aromatic rings. The van der Waals surface area contributed by atoms with E-state index in [0.717, 1.165) is 25.7 Å². The molecule has 13 heavy (non-hydrogen) atoms. The predicted molar refractivity (Wildman–Crippen MR) is 46.2 cm³/mol. The molecule has 0 rings (SSSR count). The molecule has 2 N–H and O–H groups in total. The number of unbranched alkanes of at least 4 members (excludes halogenated alkanes) is 2. The van der Waals surface area contributed by atoms with E-state index in [9.17, 15) is 5.25 Å². The fourth-order valence-corrected chi connectivity index (χ4v) is 0.316. The van der Waals surface area contributed by atoms with Crippen LogP contribution in [0.1, 0.15) is 39.5 Å². The van der Waals surface area contributed by atoms with Gasteiger partial charge in [0.1, 0.15) is 0 Å². The molecule has 0 heterocycles. The normalized spacial score (nSPS) is 7.54. The standard InChI is InChI=1S/2C4H10O.2FH.Zr/c2*1-2-3-4-5;;;/h2*5H,2-4H2,1H3;2*1H;/q;;;;+2/p-2. The molecule has 2 nitrogen and oxygen atoms in total. The molecule has 0 aliphatic heterocycles. The van der Waals surface area contributed by atoms with Crippen LogP contribution in [0.4, 0.5) is 5.25 Å². The minimum absolute atomic E-state index is 0.344. The monoisotopic (exact) mass is 276 g/mol. The third kappa shape index (κ3) is 66.2. The Bertz CT molecular complexity index is 49.4. The van der Waals surface area contributed by atoms with E-state index in [4.69, 9.17) is 10.2 Å². The SMILES string of the molecule is CCCCO.CCCCO.[F][Zr][F]. The van der Waals surface area contributed by atoms with E-state index < -0.39 is 24.5 Å². The van der Waals surface area contributed by atoms with E-state index in [0.29, 0.717) is 13.2 Å². The van der Waals surface area contributed by atoms with Crippen molar-refractivity contribution in [2.75, 3.05) is 13.2 Å².